The molecule has 0 radical (unpaired) electrons. The molecule has 2 aromatic heterocycles. The summed E-state index contributed by atoms with van der Waals surface area (Å²) in [5, 5.41) is 1.76. The maximum Gasteiger partial charge on any atom is 0.216 e. The zero-order valence-electron chi connectivity index (χ0n) is 8.01. The SMILES string of the molecule is COc1cnccc1C(=O)c1ccsn1. The Labute approximate surface area is 90.7 Å². The smallest absolute Gasteiger partial charge is 0.216 e. The van der Waals surface area contributed by atoms with Crippen LogP contribution in [0.5, 0.6) is 5.75 Å². The maximum atomic E-state index is 11.9. The van der Waals surface area contributed by atoms with Crippen molar-refractivity contribution in [3.63, 3.8) is 0 Å². The fourth-order valence-electron chi connectivity index (χ4n) is 1.20. The highest BCUT2D eigenvalue weighted by Gasteiger charge is 2.15. The van der Waals surface area contributed by atoms with Crippen molar-refractivity contribution in [2.45, 2.75) is 0 Å². The molecule has 0 aromatic carbocycles. The molecule has 0 aliphatic rings. The lowest BCUT2D eigenvalue weighted by Crippen LogP contribution is -2.04. The third-order valence-corrected chi connectivity index (χ3v) is 2.48. The van der Waals surface area contributed by atoms with Crippen molar-refractivity contribution in [1.82, 2.24) is 9.36 Å². The van der Waals surface area contributed by atoms with Crippen molar-refractivity contribution >= 4 is 17.3 Å². The van der Waals surface area contributed by atoms with E-state index in [9.17, 15) is 4.79 Å². The summed E-state index contributed by atoms with van der Waals surface area (Å²) >= 11 is 1.25. The average molecular weight is 220 g/mol. The molecule has 0 spiro atoms. The molecule has 0 N–H and O–H groups in total. The van der Waals surface area contributed by atoms with Gasteiger partial charge in [0.15, 0.2) is 0 Å². The van der Waals surface area contributed by atoms with Gasteiger partial charge in [0.2, 0.25) is 5.78 Å². The van der Waals surface area contributed by atoms with Crippen LogP contribution in [0.25, 0.3) is 0 Å². The van der Waals surface area contributed by atoms with E-state index in [1.54, 1.807) is 23.7 Å². The molecule has 0 fully saturated rings. The van der Waals surface area contributed by atoms with E-state index in [-0.39, 0.29) is 5.78 Å². The number of nitrogens with zero attached hydrogens (tertiary/aromatic N) is 2. The minimum absolute atomic E-state index is 0.143. The van der Waals surface area contributed by atoms with E-state index in [1.165, 1.54) is 24.8 Å². The van der Waals surface area contributed by atoms with E-state index in [0.717, 1.165) is 0 Å². The monoisotopic (exact) mass is 220 g/mol. The molecule has 0 amide bonds. The maximum absolute atomic E-state index is 11.9. The highest BCUT2D eigenvalue weighted by molar-refractivity contribution is 7.03. The van der Waals surface area contributed by atoms with Crippen molar-refractivity contribution < 1.29 is 9.53 Å². The summed E-state index contributed by atoms with van der Waals surface area (Å²) in [5.41, 5.74) is 0.919. The van der Waals surface area contributed by atoms with Crippen LogP contribution >= 0.6 is 11.5 Å². The van der Waals surface area contributed by atoms with E-state index in [4.69, 9.17) is 4.74 Å². The summed E-state index contributed by atoms with van der Waals surface area (Å²) in [5.74, 6) is 0.325. The first-order valence-electron chi connectivity index (χ1n) is 4.26. The van der Waals surface area contributed by atoms with Gasteiger partial charge in [-0.1, -0.05) is 0 Å². The molecule has 0 aliphatic heterocycles. The van der Waals surface area contributed by atoms with E-state index in [2.05, 4.69) is 9.36 Å². The van der Waals surface area contributed by atoms with Gasteiger partial charge in [-0.2, -0.15) is 4.37 Å². The van der Waals surface area contributed by atoms with Crippen molar-refractivity contribution in [1.29, 1.82) is 0 Å². The van der Waals surface area contributed by atoms with Crippen LogP contribution in [0.3, 0.4) is 0 Å². The topological polar surface area (TPSA) is 52.1 Å². The van der Waals surface area contributed by atoms with Gasteiger partial charge in [0, 0.05) is 11.6 Å². The zero-order valence-corrected chi connectivity index (χ0v) is 8.82. The second kappa shape index (κ2) is 4.18. The quantitative estimate of drug-likeness (QED) is 0.740. The van der Waals surface area contributed by atoms with Gasteiger partial charge in [0.1, 0.15) is 11.4 Å². The minimum Gasteiger partial charge on any atom is -0.494 e. The number of hydrogen-bond donors (Lipinski definition) is 0. The molecule has 5 heteroatoms. The first kappa shape index (κ1) is 9.79. The molecule has 2 heterocycles. The summed E-state index contributed by atoms with van der Waals surface area (Å²) in [4.78, 5) is 15.8. The highest BCUT2D eigenvalue weighted by Crippen LogP contribution is 2.19. The molecule has 0 unspecified atom stereocenters. The summed E-state index contributed by atoms with van der Waals surface area (Å²) in [6.45, 7) is 0. The minimum atomic E-state index is -0.143. The number of rotatable bonds is 3. The van der Waals surface area contributed by atoms with Crippen molar-refractivity contribution in [3.8, 4) is 5.75 Å². The number of carbonyl (C=O) groups excluding carboxylic acids is 1. The van der Waals surface area contributed by atoms with Gasteiger partial charge in [-0.3, -0.25) is 9.78 Å². The fourth-order valence-corrected chi connectivity index (χ4v) is 1.71. The molecular weight excluding hydrogens is 212 g/mol. The Kier molecular flexibility index (Phi) is 2.73. The lowest BCUT2D eigenvalue weighted by Gasteiger charge is -2.04. The predicted molar refractivity (Wildman–Crippen MR) is 56.3 cm³/mol. The van der Waals surface area contributed by atoms with Crippen molar-refractivity contribution in [2.24, 2.45) is 0 Å². The molecule has 0 saturated heterocycles. The normalized spacial score (nSPS) is 9.93. The number of ketones is 1. The molecular formula is C10H8N2O2S. The molecule has 0 aliphatic carbocycles. The third-order valence-electron chi connectivity index (χ3n) is 1.92. The van der Waals surface area contributed by atoms with Crippen LogP contribution in [0.1, 0.15) is 16.1 Å². The fraction of sp³-hybridized carbons (Fsp3) is 0.100. The molecule has 2 aromatic rings. The van der Waals surface area contributed by atoms with E-state index >= 15 is 0 Å². The van der Waals surface area contributed by atoms with Gasteiger partial charge < -0.3 is 4.74 Å². The van der Waals surface area contributed by atoms with Gasteiger partial charge in [-0.15, -0.1) is 0 Å². The highest BCUT2D eigenvalue weighted by atomic mass is 32.1. The Hall–Kier alpha value is -1.75. The predicted octanol–water partition coefficient (Wildman–Crippen LogP) is 1.78. The lowest BCUT2D eigenvalue weighted by atomic mass is 10.1. The molecule has 2 rings (SSSR count). The lowest BCUT2D eigenvalue weighted by molar-refractivity contribution is 0.103. The second-order valence-electron chi connectivity index (χ2n) is 2.79. The van der Waals surface area contributed by atoms with Crippen LogP contribution < -0.4 is 4.74 Å². The average Bonchev–Trinajstić information content (AvgIpc) is 2.81. The Morgan fingerprint density at radius 1 is 1.47 bits per heavy atom. The van der Waals surface area contributed by atoms with E-state index < -0.39 is 0 Å². The van der Waals surface area contributed by atoms with Crippen LogP contribution in [-0.4, -0.2) is 22.3 Å². The van der Waals surface area contributed by atoms with Gasteiger partial charge in [0.25, 0.3) is 0 Å². The van der Waals surface area contributed by atoms with Crippen LogP contribution in [0.4, 0.5) is 0 Å². The Bertz CT molecular complexity index is 468. The Morgan fingerprint density at radius 2 is 2.33 bits per heavy atom. The standard InChI is InChI=1S/C10H8N2O2S/c1-14-9-6-11-4-2-7(9)10(13)8-3-5-15-12-8/h2-6H,1H3. The summed E-state index contributed by atoms with van der Waals surface area (Å²) in [6.07, 6.45) is 3.07. The molecule has 0 atom stereocenters. The molecule has 0 bridgehead atoms. The van der Waals surface area contributed by atoms with Crippen LogP contribution in [0, 0.1) is 0 Å². The summed E-state index contributed by atoms with van der Waals surface area (Å²) in [7, 11) is 1.51. The molecule has 15 heavy (non-hydrogen) atoms. The number of hydrogen-bond acceptors (Lipinski definition) is 5. The number of methoxy groups -OCH3 is 1. The Balaban J connectivity index is 2.42. The zero-order chi connectivity index (χ0) is 10.7. The third kappa shape index (κ3) is 1.87. The number of pyridine rings is 1. The van der Waals surface area contributed by atoms with Crippen LogP contribution in [-0.2, 0) is 0 Å². The van der Waals surface area contributed by atoms with Crippen LogP contribution in [0.15, 0.2) is 29.9 Å². The van der Waals surface area contributed by atoms with Crippen molar-refractivity contribution in [2.75, 3.05) is 7.11 Å². The summed E-state index contributed by atoms with van der Waals surface area (Å²) in [6, 6.07) is 3.31. The van der Waals surface area contributed by atoms with Gasteiger partial charge in [0.05, 0.1) is 18.9 Å². The first-order chi connectivity index (χ1) is 7.33. The Morgan fingerprint density at radius 3 is 3.00 bits per heavy atom. The van der Waals surface area contributed by atoms with Gasteiger partial charge in [-0.25, -0.2) is 0 Å². The van der Waals surface area contributed by atoms with E-state index in [0.29, 0.717) is 17.0 Å². The van der Waals surface area contributed by atoms with Gasteiger partial charge in [-0.05, 0) is 23.7 Å². The van der Waals surface area contributed by atoms with Crippen molar-refractivity contribution in [3.05, 3.63) is 41.2 Å². The van der Waals surface area contributed by atoms with Crippen LogP contribution in [0.2, 0.25) is 0 Å². The van der Waals surface area contributed by atoms with Gasteiger partial charge >= 0.3 is 0 Å². The molecule has 0 saturated carbocycles. The summed E-state index contributed by atoms with van der Waals surface area (Å²) < 4.78 is 9.04. The number of carbonyl (C=O) groups is 1. The molecule has 4 nitrogen and oxygen atoms in total. The van der Waals surface area contributed by atoms with E-state index in [1.807, 2.05) is 0 Å². The number of aromatic nitrogens is 2. The number of ether oxygens (including phenoxy) is 1. The largest absolute Gasteiger partial charge is 0.494 e. The molecule has 76 valence electrons. The first-order valence-corrected chi connectivity index (χ1v) is 5.09. The second-order valence-corrected chi connectivity index (χ2v) is 3.46.